The molecule has 1 N–H and O–H groups in total. The molecule has 1 aliphatic heterocycles. The molecule has 1 atom stereocenters. The highest BCUT2D eigenvalue weighted by atomic mass is 16.1. The van der Waals surface area contributed by atoms with E-state index in [0.29, 0.717) is 0 Å². The molecule has 0 spiro atoms. The highest BCUT2D eigenvalue weighted by molar-refractivity contribution is 5.80. The van der Waals surface area contributed by atoms with Gasteiger partial charge in [0, 0.05) is 25.0 Å². The van der Waals surface area contributed by atoms with Crippen LogP contribution in [0.1, 0.15) is 49.8 Å². The van der Waals surface area contributed by atoms with Crippen LogP contribution in [0, 0.1) is 19.8 Å². The summed E-state index contributed by atoms with van der Waals surface area (Å²) < 4.78 is 2.34. The number of carbonyl (C=O) groups excluding carboxylic acids is 1. The fourth-order valence-electron chi connectivity index (χ4n) is 4.41. The Balaban J connectivity index is 1.58. The number of hydrogen-bond donors (Lipinski definition) is 1. The molecule has 2 heterocycles. The zero-order valence-corrected chi connectivity index (χ0v) is 19.2. The molecular formula is C26H34N4O. The Bertz CT molecular complexity index is 1060. The highest BCUT2D eigenvalue weighted by Crippen LogP contribution is 2.28. The van der Waals surface area contributed by atoms with Gasteiger partial charge in [-0.3, -0.25) is 4.79 Å². The van der Waals surface area contributed by atoms with E-state index < -0.39 is 0 Å². The van der Waals surface area contributed by atoms with Gasteiger partial charge in [-0.05, 0) is 63.3 Å². The number of hydrogen-bond acceptors (Lipinski definition) is 3. The van der Waals surface area contributed by atoms with Crippen LogP contribution in [0.2, 0.25) is 0 Å². The first-order valence-corrected chi connectivity index (χ1v) is 11.5. The first-order valence-electron chi connectivity index (χ1n) is 11.5. The summed E-state index contributed by atoms with van der Waals surface area (Å²) in [7, 11) is 0. The summed E-state index contributed by atoms with van der Waals surface area (Å²) >= 11 is 0. The Morgan fingerprint density at radius 2 is 1.90 bits per heavy atom. The van der Waals surface area contributed by atoms with E-state index in [4.69, 9.17) is 4.98 Å². The molecule has 1 aliphatic rings. The number of rotatable bonds is 6. The van der Waals surface area contributed by atoms with Crippen molar-refractivity contribution in [2.24, 2.45) is 5.92 Å². The average molecular weight is 419 g/mol. The van der Waals surface area contributed by atoms with Crippen LogP contribution in [0.4, 0.5) is 5.95 Å². The Labute approximate surface area is 185 Å². The summed E-state index contributed by atoms with van der Waals surface area (Å²) in [4.78, 5) is 19.9. The van der Waals surface area contributed by atoms with Crippen molar-refractivity contribution >= 4 is 22.9 Å². The second-order valence-corrected chi connectivity index (χ2v) is 9.00. The van der Waals surface area contributed by atoms with Crippen molar-refractivity contribution in [1.82, 2.24) is 14.9 Å². The normalized spacial score (nSPS) is 15.9. The first kappa shape index (κ1) is 21.4. The smallest absolute Gasteiger partial charge is 0.223 e. The summed E-state index contributed by atoms with van der Waals surface area (Å²) in [5, 5.41) is 3.15. The summed E-state index contributed by atoms with van der Waals surface area (Å²) in [5.41, 5.74) is 6.09. The lowest BCUT2D eigenvalue weighted by molar-refractivity contribution is -0.126. The average Bonchev–Trinajstić information content (AvgIpc) is 3.14. The van der Waals surface area contributed by atoms with Crippen molar-refractivity contribution in [3.63, 3.8) is 0 Å². The molecule has 1 amide bonds. The molecule has 31 heavy (non-hydrogen) atoms. The van der Waals surface area contributed by atoms with Gasteiger partial charge in [0.05, 0.1) is 17.6 Å². The quantitative estimate of drug-likeness (QED) is 0.624. The molecule has 0 saturated carbocycles. The monoisotopic (exact) mass is 418 g/mol. The number of aromatic nitrogens is 2. The van der Waals surface area contributed by atoms with Crippen LogP contribution in [0.15, 0.2) is 42.5 Å². The molecule has 1 aromatic heterocycles. The van der Waals surface area contributed by atoms with E-state index in [-0.39, 0.29) is 17.9 Å². The topological polar surface area (TPSA) is 50.2 Å². The lowest BCUT2D eigenvalue weighted by atomic mass is 9.95. The summed E-state index contributed by atoms with van der Waals surface area (Å²) in [6.45, 7) is 11.0. The second kappa shape index (κ2) is 9.13. The molecule has 1 saturated heterocycles. The molecule has 5 heteroatoms. The molecule has 4 rings (SSSR count). The van der Waals surface area contributed by atoms with Gasteiger partial charge in [0.15, 0.2) is 0 Å². The van der Waals surface area contributed by atoms with Crippen molar-refractivity contribution < 1.29 is 4.79 Å². The number of imidazole rings is 1. The van der Waals surface area contributed by atoms with Crippen LogP contribution in [0.3, 0.4) is 0 Å². The van der Waals surface area contributed by atoms with E-state index in [1.165, 1.54) is 16.7 Å². The van der Waals surface area contributed by atoms with Gasteiger partial charge in [0.1, 0.15) is 0 Å². The van der Waals surface area contributed by atoms with E-state index in [9.17, 15) is 4.79 Å². The Hall–Kier alpha value is -2.82. The Morgan fingerprint density at radius 1 is 1.16 bits per heavy atom. The van der Waals surface area contributed by atoms with Crippen LogP contribution in [-0.4, -0.2) is 34.6 Å². The number of piperidine rings is 1. The third-order valence-electron chi connectivity index (χ3n) is 6.62. The maximum atomic E-state index is 12.6. The largest absolute Gasteiger partial charge is 0.353 e. The van der Waals surface area contributed by atoms with Gasteiger partial charge in [0.25, 0.3) is 0 Å². The number of anilines is 1. The molecule has 0 unspecified atom stereocenters. The molecule has 3 aromatic rings. The molecular weight excluding hydrogens is 384 g/mol. The number of amides is 1. The lowest BCUT2D eigenvalue weighted by Gasteiger charge is -2.33. The van der Waals surface area contributed by atoms with Crippen molar-refractivity contribution in [3.05, 3.63) is 59.2 Å². The van der Waals surface area contributed by atoms with Crippen molar-refractivity contribution in [1.29, 1.82) is 0 Å². The van der Waals surface area contributed by atoms with E-state index in [0.717, 1.165) is 55.9 Å². The minimum atomic E-state index is 0.0992. The van der Waals surface area contributed by atoms with Gasteiger partial charge >= 0.3 is 0 Å². The van der Waals surface area contributed by atoms with E-state index >= 15 is 0 Å². The van der Waals surface area contributed by atoms with Crippen molar-refractivity contribution in [2.75, 3.05) is 18.0 Å². The number of nitrogens with zero attached hydrogens (tertiary/aromatic N) is 3. The van der Waals surface area contributed by atoms with Crippen molar-refractivity contribution in [2.45, 2.75) is 59.5 Å². The minimum absolute atomic E-state index is 0.0992. The molecule has 0 aliphatic carbocycles. The number of carbonyl (C=O) groups is 1. The van der Waals surface area contributed by atoms with Crippen LogP contribution in [-0.2, 0) is 11.3 Å². The van der Waals surface area contributed by atoms with Gasteiger partial charge < -0.3 is 14.8 Å². The third kappa shape index (κ3) is 4.60. The fraction of sp³-hybridized carbons (Fsp3) is 0.462. The number of nitrogens with one attached hydrogen (secondary N) is 1. The predicted octanol–water partition coefficient (Wildman–Crippen LogP) is 4.83. The SMILES string of the molecule is CC[C@H](C)NC(=O)C1CCN(c2nc3ccccc3n2Cc2cc(C)ccc2C)CC1. The second-order valence-electron chi connectivity index (χ2n) is 9.00. The summed E-state index contributed by atoms with van der Waals surface area (Å²) in [5.74, 6) is 1.32. The predicted molar refractivity (Wildman–Crippen MR) is 128 cm³/mol. The van der Waals surface area contributed by atoms with E-state index in [2.05, 4.69) is 78.9 Å². The zero-order chi connectivity index (χ0) is 22.0. The maximum absolute atomic E-state index is 12.6. The summed E-state index contributed by atoms with van der Waals surface area (Å²) in [6.07, 6.45) is 2.71. The summed E-state index contributed by atoms with van der Waals surface area (Å²) in [6, 6.07) is 15.3. The maximum Gasteiger partial charge on any atom is 0.223 e. The van der Waals surface area contributed by atoms with E-state index in [1.54, 1.807) is 0 Å². The number of para-hydroxylation sites is 2. The molecule has 164 valence electrons. The minimum Gasteiger partial charge on any atom is -0.353 e. The Morgan fingerprint density at radius 3 is 2.65 bits per heavy atom. The third-order valence-corrected chi connectivity index (χ3v) is 6.62. The fourth-order valence-corrected chi connectivity index (χ4v) is 4.41. The van der Waals surface area contributed by atoms with Crippen LogP contribution < -0.4 is 10.2 Å². The van der Waals surface area contributed by atoms with Gasteiger partial charge in [-0.15, -0.1) is 0 Å². The van der Waals surface area contributed by atoms with Crippen LogP contribution in [0.5, 0.6) is 0 Å². The molecule has 5 nitrogen and oxygen atoms in total. The van der Waals surface area contributed by atoms with Gasteiger partial charge in [0.2, 0.25) is 11.9 Å². The highest BCUT2D eigenvalue weighted by Gasteiger charge is 2.28. The zero-order valence-electron chi connectivity index (χ0n) is 19.2. The molecule has 2 aromatic carbocycles. The number of fused-ring (bicyclic) bond motifs is 1. The number of aryl methyl sites for hydroxylation is 2. The Kier molecular flexibility index (Phi) is 6.30. The van der Waals surface area contributed by atoms with E-state index in [1.807, 2.05) is 6.07 Å². The molecule has 0 radical (unpaired) electrons. The first-order chi connectivity index (χ1) is 15.0. The molecule has 0 bridgehead atoms. The lowest BCUT2D eigenvalue weighted by Crippen LogP contribution is -2.43. The van der Waals surface area contributed by atoms with Gasteiger partial charge in [-0.1, -0.05) is 42.8 Å². The van der Waals surface area contributed by atoms with Crippen LogP contribution in [0.25, 0.3) is 11.0 Å². The standard InChI is InChI=1S/C26H34N4O/c1-5-20(4)27-25(31)21-12-14-29(15-13-21)26-28-23-8-6-7-9-24(23)30(26)17-22-16-18(2)10-11-19(22)3/h6-11,16,20-21H,5,12-15,17H2,1-4H3,(H,27,31)/t20-/m0/s1. The van der Waals surface area contributed by atoms with Gasteiger partial charge in [-0.2, -0.15) is 0 Å². The van der Waals surface area contributed by atoms with Crippen LogP contribution >= 0.6 is 0 Å². The van der Waals surface area contributed by atoms with Crippen molar-refractivity contribution in [3.8, 4) is 0 Å². The van der Waals surface area contributed by atoms with Gasteiger partial charge in [-0.25, -0.2) is 4.98 Å². The number of benzene rings is 2. The molecule has 1 fully saturated rings.